The van der Waals surface area contributed by atoms with E-state index < -0.39 is 5.97 Å². The molecule has 1 aliphatic heterocycles. The summed E-state index contributed by atoms with van der Waals surface area (Å²) in [5.74, 6) is 0.00793. The van der Waals surface area contributed by atoms with E-state index in [9.17, 15) is 4.79 Å². The van der Waals surface area contributed by atoms with Gasteiger partial charge in [0, 0.05) is 6.04 Å². The van der Waals surface area contributed by atoms with Gasteiger partial charge in [0.05, 0.1) is 5.92 Å². The molecule has 116 valence electrons. The number of nitrogens with zero attached hydrogens (tertiary/aromatic N) is 1. The van der Waals surface area contributed by atoms with Gasteiger partial charge in [-0.3, -0.25) is 4.79 Å². The van der Waals surface area contributed by atoms with Crippen LogP contribution in [-0.4, -0.2) is 48.7 Å². The maximum absolute atomic E-state index is 10.9. The molecule has 1 unspecified atom stereocenters. The summed E-state index contributed by atoms with van der Waals surface area (Å²) in [6, 6.07) is 0.763. The molecular formula is C16H30N2O2. The Kier molecular flexibility index (Phi) is 6.30. The summed E-state index contributed by atoms with van der Waals surface area (Å²) in [6.07, 6.45) is 9.23. The summed E-state index contributed by atoms with van der Waals surface area (Å²) >= 11 is 0. The van der Waals surface area contributed by atoms with Crippen LogP contribution in [0.1, 0.15) is 51.4 Å². The zero-order valence-corrected chi connectivity index (χ0v) is 12.8. The van der Waals surface area contributed by atoms with Crippen molar-refractivity contribution in [3.63, 3.8) is 0 Å². The normalized spacial score (nSPS) is 32.1. The van der Waals surface area contributed by atoms with Gasteiger partial charge in [-0.1, -0.05) is 6.42 Å². The van der Waals surface area contributed by atoms with Crippen molar-refractivity contribution < 1.29 is 9.90 Å². The fourth-order valence-corrected chi connectivity index (χ4v) is 3.70. The summed E-state index contributed by atoms with van der Waals surface area (Å²) in [4.78, 5) is 13.4. The van der Waals surface area contributed by atoms with Crippen LogP contribution in [0.3, 0.4) is 0 Å². The van der Waals surface area contributed by atoms with Gasteiger partial charge in [-0.2, -0.15) is 0 Å². The van der Waals surface area contributed by atoms with Gasteiger partial charge < -0.3 is 15.3 Å². The van der Waals surface area contributed by atoms with Crippen molar-refractivity contribution in [3.8, 4) is 0 Å². The first-order valence-electron chi connectivity index (χ1n) is 8.30. The molecule has 1 heterocycles. The highest BCUT2D eigenvalue weighted by atomic mass is 16.4. The van der Waals surface area contributed by atoms with Gasteiger partial charge in [-0.05, 0) is 77.5 Å². The van der Waals surface area contributed by atoms with Crippen LogP contribution in [0, 0.1) is 11.8 Å². The Morgan fingerprint density at radius 3 is 2.60 bits per heavy atom. The fraction of sp³-hybridized carbons (Fsp3) is 0.938. The lowest BCUT2D eigenvalue weighted by atomic mass is 9.82. The van der Waals surface area contributed by atoms with E-state index in [1.54, 1.807) is 0 Å². The number of aliphatic carboxylic acids is 1. The van der Waals surface area contributed by atoms with Crippen LogP contribution in [0.5, 0.6) is 0 Å². The summed E-state index contributed by atoms with van der Waals surface area (Å²) in [5, 5.41) is 12.6. The zero-order chi connectivity index (χ0) is 14.4. The van der Waals surface area contributed by atoms with E-state index in [0.29, 0.717) is 5.92 Å². The highest BCUT2D eigenvalue weighted by Crippen LogP contribution is 2.28. The number of hydrogen-bond donors (Lipinski definition) is 2. The molecule has 20 heavy (non-hydrogen) atoms. The summed E-state index contributed by atoms with van der Waals surface area (Å²) in [5.41, 5.74) is 0. The van der Waals surface area contributed by atoms with Crippen molar-refractivity contribution in [2.45, 2.75) is 57.4 Å². The number of piperidine rings is 1. The topological polar surface area (TPSA) is 52.6 Å². The average Bonchev–Trinajstić information content (AvgIpc) is 2.46. The molecule has 0 aromatic heterocycles. The molecule has 2 aliphatic rings. The van der Waals surface area contributed by atoms with Crippen LogP contribution in [0.2, 0.25) is 0 Å². The molecule has 2 N–H and O–H groups in total. The zero-order valence-electron chi connectivity index (χ0n) is 12.8. The van der Waals surface area contributed by atoms with Crippen LogP contribution < -0.4 is 5.32 Å². The Labute approximate surface area is 122 Å². The fourth-order valence-electron chi connectivity index (χ4n) is 3.70. The molecule has 0 radical (unpaired) electrons. The molecule has 0 aromatic carbocycles. The van der Waals surface area contributed by atoms with Crippen LogP contribution in [0.15, 0.2) is 0 Å². The Morgan fingerprint density at radius 1 is 1.20 bits per heavy atom. The lowest BCUT2D eigenvalue weighted by molar-refractivity contribution is -0.143. The van der Waals surface area contributed by atoms with E-state index in [0.717, 1.165) is 44.8 Å². The number of rotatable bonds is 6. The standard InChI is InChI=1S/C16H30N2O2/c1-18-11-3-2-4-15(18)9-10-17-12-13-5-7-14(8-6-13)16(19)20/h13-15,17H,2-12H2,1H3,(H,19,20). The van der Waals surface area contributed by atoms with Gasteiger partial charge in [-0.25, -0.2) is 0 Å². The minimum atomic E-state index is -0.600. The van der Waals surface area contributed by atoms with Gasteiger partial charge in [0.2, 0.25) is 0 Å². The van der Waals surface area contributed by atoms with E-state index in [-0.39, 0.29) is 5.92 Å². The number of carbonyl (C=O) groups is 1. The summed E-state index contributed by atoms with van der Waals surface area (Å²) in [6.45, 7) is 3.43. The third-order valence-corrected chi connectivity index (χ3v) is 5.20. The molecule has 2 fully saturated rings. The van der Waals surface area contributed by atoms with Crippen molar-refractivity contribution in [3.05, 3.63) is 0 Å². The molecule has 1 aliphatic carbocycles. The molecule has 1 saturated heterocycles. The second kappa shape index (κ2) is 7.99. The maximum Gasteiger partial charge on any atom is 0.306 e. The lowest BCUT2D eigenvalue weighted by Gasteiger charge is -2.33. The van der Waals surface area contributed by atoms with Crippen LogP contribution in [0.25, 0.3) is 0 Å². The predicted octanol–water partition coefficient (Wildman–Crippen LogP) is 2.34. The Morgan fingerprint density at radius 2 is 1.95 bits per heavy atom. The molecule has 1 saturated carbocycles. The second-order valence-corrected chi connectivity index (χ2v) is 6.68. The van der Waals surface area contributed by atoms with Gasteiger partial charge in [0.1, 0.15) is 0 Å². The first-order chi connectivity index (χ1) is 9.66. The number of carboxylic acids is 1. The van der Waals surface area contributed by atoms with Gasteiger partial charge in [0.15, 0.2) is 0 Å². The summed E-state index contributed by atoms with van der Waals surface area (Å²) < 4.78 is 0. The van der Waals surface area contributed by atoms with Crippen molar-refractivity contribution in [1.82, 2.24) is 10.2 Å². The number of carboxylic acid groups (broad SMARTS) is 1. The molecule has 4 heteroatoms. The molecule has 0 aromatic rings. The first kappa shape index (κ1) is 15.8. The third-order valence-electron chi connectivity index (χ3n) is 5.20. The molecule has 0 bridgehead atoms. The summed E-state index contributed by atoms with van der Waals surface area (Å²) in [7, 11) is 2.25. The largest absolute Gasteiger partial charge is 0.481 e. The van der Waals surface area contributed by atoms with Crippen molar-refractivity contribution >= 4 is 5.97 Å². The molecule has 4 nitrogen and oxygen atoms in total. The first-order valence-corrected chi connectivity index (χ1v) is 8.30. The van der Waals surface area contributed by atoms with Crippen molar-refractivity contribution in [1.29, 1.82) is 0 Å². The molecular weight excluding hydrogens is 252 g/mol. The minimum absolute atomic E-state index is 0.0814. The third kappa shape index (κ3) is 4.74. The van der Waals surface area contributed by atoms with E-state index in [1.807, 2.05) is 0 Å². The van der Waals surface area contributed by atoms with E-state index in [1.165, 1.54) is 32.2 Å². The number of hydrogen-bond acceptors (Lipinski definition) is 3. The monoisotopic (exact) mass is 282 g/mol. The predicted molar refractivity (Wildman–Crippen MR) is 80.8 cm³/mol. The maximum atomic E-state index is 10.9. The minimum Gasteiger partial charge on any atom is -0.481 e. The van der Waals surface area contributed by atoms with E-state index >= 15 is 0 Å². The van der Waals surface area contributed by atoms with Crippen molar-refractivity contribution in [2.24, 2.45) is 11.8 Å². The van der Waals surface area contributed by atoms with Gasteiger partial charge in [0.25, 0.3) is 0 Å². The van der Waals surface area contributed by atoms with Crippen LogP contribution >= 0.6 is 0 Å². The van der Waals surface area contributed by atoms with Crippen LogP contribution in [-0.2, 0) is 4.79 Å². The van der Waals surface area contributed by atoms with E-state index in [4.69, 9.17) is 5.11 Å². The average molecular weight is 282 g/mol. The van der Waals surface area contributed by atoms with Crippen molar-refractivity contribution in [2.75, 3.05) is 26.7 Å². The number of nitrogens with one attached hydrogen (secondary N) is 1. The highest BCUT2D eigenvalue weighted by molar-refractivity contribution is 5.69. The highest BCUT2D eigenvalue weighted by Gasteiger charge is 2.25. The van der Waals surface area contributed by atoms with Gasteiger partial charge >= 0.3 is 5.97 Å². The second-order valence-electron chi connectivity index (χ2n) is 6.68. The van der Waals surface area contributed by atoms with Gasteiger partial charge in [-0.15, -0.1) is 0 Å². The number of likely N-dealkylation sites (tertiary alicyclic amines) is 1. The Bertz CT molecular complexity index is 301. The SMILES string of the molecule is CN1CCCCC1CCNCC1CCC(C(=O)O)CC1. The van der Waals surface area contributed by atoms with Crippen LogP contribution in [0.4, 0.5) is 0 Å². The Balaban J connectivity index is 1.54. The molecule has 0 amide bonds. The molecule has 1 atom stereocenters. The smallest absolute Gasteiger partial charge is 0.306 e. The Hall–Kier alpha value is -0.610. The van der Waals surface area contributed by atoms with E-state index in [2.05, 4.69) is 17.3 Å². The quantitative estimate of drug-likeness (QED) is 0.734. The molecule has 2 rings (SSSR count). The molecule has 0 spiro atoms. The lowest BCUT2D eigenvalue weighted by Crippen LogP contribution is -2.39.